The summed E-state index contributed by atoms with van der Waals surface area (Å²) >= 11 is 6.66. The van der Waals surface area contributed by atoms with E-state index < -0.39 is 0 Å². The molecular weight excluding hydrogens is 264 g/mol. The molecule has 0 fully saturated rings. The molecule has 1 atom stereocenters. The van der Waals surface area contributed by atoms with Gasteiger partial charge >= 0.3 is 0 Å². The standard InChI is InChI=1S/C19H17Cl/c1-14-9-11-15(12-10-14)13-19(20)18-8-4-6-16-5-2-3-7-17(16)18/h2-12,19H,13H2,1H3. The smallest absolute Gasteiger partial charge is 0.0631 e. The fourth-order valence-corrected chi connectivity index (χ4v) is 2.93. The zero-order chi connectivity index (χ0) is 13.9. The molecular formula is C19H17Cl. The van der Waals surface area contributed by atoms with Gasteiger partial charge in [0, 0.05) is 0 Å². The van der Waals surface area contributed by atoms with Crippen molar-refractivity contribution in [3.05, 3.63) is 83.4 Å². The van der Waals surface area contributed by atoms with Crippen LogP contribution < -0.4 is 0 Å². The van der Waals surface area contributed by atoms with Crippen LogP contribution in [0, 0.1) is 6.92 Å². The van der Waals surface area contributed by atoms with Crippen LogP contribution in [0.25, 0.3) is 10.8 Å². The number of rotatable bonds is 3. The summed E-state index contributed by atoms with van der Waals surface area (Å²) in [5.41, 5.74) is 3.78. The minimum Gasteiger partial charge on any atom is -0.117 e. The molecule has 0 aromatic heterocycles. The van der Waals surface area contributed by atoms with Crippen LogP contribution in [0.4, 0.5) is 0 Å². The van der Waals surface area contributed by atoms with Gasteiger partial charge in [0.25, 0.3) is 0 Å². The molecule has 0 aliphatic rings. The van der Waals surface area contributed by atoms with E-state index in [4.69, 9.17) is 11.6 Å². The molecule has 0 saturated carbocycles. The molecule has 0 radical (unpaired) electrons. The van der Waals surface area contributed by atoms with Crippen LogP contribution in [0.5, 0.6) is 0 Å². The predicted molar refractivity (Wildman–Crippen MR) is 87.4 cm³/mol. The third-order valence-electron chi connectivity index (χ3n) is 3.70. The first-order valence-corrected chi connectivity index (χ1v) is 7.35. The lowest BCUT2D eigenvalue weighted by molar-refractivity contribution is 0.928. The molecule has 0 N–H and O–H groups in total. The third kappa shape index (κ3) is 2.71. The monoisotopic (exact) mass is 280 g/mol. The Kier molecular flexibility index (Phi) is 3.75. The van der Waals surface area contributed by atoms with Gasteiger partial charge in [-0.15, -0.1) is 11.6 Å². The van der Waals surface area contributed by atoms with E-state index in [1.54, 1.807) is 0 Å². The van der Waals surface area contributed by atoms with Gasteiger partial charge in [0.05, 0.1) is 5.38 Å². The number of alkyl halides is 1. The second kappa shape index (κ2) is 5.68. The quantitative estimate of drug-likeness (QED) is 0.542. The van der Waals surface area contributed by atoms with Crippen LogP contribution in [-0.4, -0.2) is 0 Å². The van der Waals surface area contributed by atoms with E-state index >= 15 is 0 Å². The van der Waals surface area contributed by atoms with Gasteiger partial charge in [-0.3, -0.25) is 0 Å². The van der Waals surface area contributed by atoms with Gasteiger partial charge in [-0.2, -0.15) is 0 Å². The number of fused-ring (bicyclic) bond motifs is 1. The zero-order valence-electron chi connectivity index (χ0n) is 11.5. The number of hydrogen-bond acceptors (Lipinski definition) is 0. The number of benzene rings is 3. The summed E-state index contributed by atoms with van der Waals surface area (Å²) in [6.45, 7) is 2.10. The van der Waals surface area contributed by atoms with Crippen molar-refractivity contribution < 1.29 is 0 Å². The molecule has 0 aliphatic carbocycles. The Morgan fingerprint density at radius 3 is 2.35 bits per heavy atom. The zero-order valence-corrected chi connectivity index (χ0v) is 12.3. The maximum Gasteiger partial charge on any atom is 0.0631 e. The molecule has 3 aromatic carbocycles. The summed E-state index contributed by atoms with van der Waals surface area (Å²) in [4.78, 5) is 0. The van der Waals surface area contributed by atoms with Crippen LogP contribution in [0.1, 0.15) is 22.1 Å². The molecule has 0 nitrogen and oxygen atoms in total. The number of aryl methyl sites for hydroxylation is 1. The minimum atomic E-state index is 0.00352. The highest BCUT2D eigenvalue weighted by molar-refractivity contribution is 6.22. The Labute approximate surface area is 125 Å². The minimum absolute atomic E-state index is 0.00352. The number of hydrogen-bond donors (Lipinski definition) is 0. The van der Waals surface area contributed by atoms with Crippen LogP contribution in [0.2, 0.25) is 0 Å². The summed E-state index contributed by atoms with van der Waals surface area (Å²) in [5, 5.41) is 2.51. The lowest BCUT2D eigenvalue weighted by Crippen LogP contribution is -1.97. The van der Waals surface area contributed by atoms with Crippen molar-refractivity contribution in [1.29, 1.82) is 0 Å². The van der Waals surface area contributed by atoms with Gasteiger partial charge < -0.3 is 0 Å². The molecule has 0 saturated heterocycles. The van der Waals surface area contributed by atoms with Gasteiger partial charge in [0.15, 0.2) is 0 Å². The predicted octanol–water partition coefficient (Wildman–Crippen LogP) is 5.67. The molecule has 100 valence electrons. The molecule has 1 unspecified atom stereocenters. The first-order valence-electron chi connectivity index (χ1n) is 6.91. The molecule has 0 heterocycles. The van der Waals surface area contributed by atoms with Crippen molar-refractivity contribution >= 4 is 22.4 Å². The average molecular weight is 281 g/mol. The molecule has 0 spiro atoms. The average Bonchev–Trinajstić information content (AvgIpc) is 2.49. The molecule has 1 heteroatoms. The first kappa shape index (κ1) is 13.2. The summed E-state index contributed by atoms with van der Waals surface area (Å²) < 4.78 is 0. The van der Waals surface area contributed by atoms with Gasteiger partial charge in [-0.25, -0.2) is 0 Å². The lowest BCUT2D eigenvalue weighted by Gasteiger charge is -2.13. The molecule has 0 bridgehead atoms. The SMILES string of the molecule is Cc1ccc(CC(Cl)c2cccc3ccccc23)cc1. The molecule has 0 aliphatic heterocycles. The van der Waals surface area contributed by atoms with Crippen LogP contribution >= 0.6 is 11.6 Å². The Morgan fingerprint density at radius 2 is 1.55 bits per heavy atom. The molecule has 20 heavy (non-hydrogen) atoms. The van der Waals surface area contributed by atoms with E-state index in [1.165, 1.54) is 27.5 Å². The lowest BCUT2D eigenvalue weighted by atomic mass is 9.98. The van der Waals surface area contributed by atoms with Gasteiger partial charge in [0.1, 0.15) is 0 Å². The molecule has 0 amide bonds. The van der Waals surface area contributed by atoms with Crippen molar-refractivity contribution in [3.8, 4) is 0 Å². The highest BCUT2D eigenvalue weighted by Gasteiger charge is 2.11. The van der Waals surface area contributed by atoms with Crippen molar-refractivity contribution in [3.63, 3.8) is 0 Å². The Balaban J connectivity index is 1.92. The fourth-order valence-electron chi connectivity index (χ4n) is 2.56. The van der Waals surface area contributed by atoms with Crippen LogP contribution in [0.15, 0.2) is 66.7 Å². The fraction of sp³-hybridized carbons (Fsp3) is 0.158. The van der Waals surface area contributed by atoms with E-state index in [0.717, 1.165) is 6.42 Å². The summed E-state index contributed by atoms with van der Waals surface area (Å²) in [6, 6.07) is 23.4. The largest absolute Gasteiger partial charge is 0.117 e. The Hall–Kier alpha value is -1.79. The second-order valence-corrected chi connectivity index (χ2v) is 5.75. The van der Waals surface area contributed by atoms with Gasteiger partial charge in [-0.1, -0.05) is 72.3 Å². The van der Waals surface area contributed by atoms with Crippen LogP contribution in [0.3, 0.4) is 0 Å². The Morgan fingerprint density at radius 1 is 0.850 bits per heavy atom. The second-order valence-electron chi connectivity index (χ2n) is 5.23. The molecule has 3 rings (SSSR count). The maximum atomic E-state index is 6.66. The summed E-state index contributed by atoms with van der Waals surface area (Å²) in [6.07, 6.45) is 0.857. The molecule has 3 aromatic rings. The van der Waals surface area contributed by atoms with E-state index in [0.29, 0.717) is 0 Å². The highest BCUT2D eigenvalue weighted by atomic mass is 35.5. The summed E-state index contributed by atoms with van der Waals surface area (Å²) in [5.74, 6) is 0. The third-order valence-corrected chi connectivity index (χ3v) is 4.09. The topological polar surface area (TPSA) is 0 Å². The van der Waals surface area contributed by atoms with E-state index in [9.17, 15) is 0 Å². The van der Waals surface area contributed by atoms with E-state index in [-0.39, 0.29) is 5.38 Å². The van der Waals surface area contributed by atoms with E-state index in [1.807, 2.05) is 0 Å². The van der Waals surface area contributed by atoms with E-state index in [2.05, 4.69) is 73.7 Å². The normalized spacial score (nSPS) is 12.5. The summed E-state index contributed by atoms with van der Waals surface area (Å²) in [7, 11) is 0. The van der Waals surface area contributed by atoms with Crippen molar-refractivity contribution in [2.24, 2.45) is 0 Å². The van der Waals surface area contributed by atoms with Crippen molar-refractivity contribution in [2.75, 3.05) is 0 Å². The maximum absolute atomic E-state index is 6.66. The van der Waals surface area contributed by atoms with Gasteiger partial charge in [0.2, 0.25) is 0 Å². The first-order chi connectivity index (χ1) is 9.74. The number of halogens is 1. The Bertz CT molecular complexity index is 708. The van der Waals surface area contributed by atoms with Crippen LogP contribution in [-0.2, 0) is 6.42 Å². The van der Waals surface area contributed by atoms with Crippen molar-refractivity contribution in [1.82, 2.24) is 0 Å². The van der Waals surface area contributed by atoms with Crippen molar-refractivity contribution in [2.45, 2.75) is 18.7 Å². The van der Waals surface area contributed by atoms with Gasteiger partial charge in [-0.05, 0) is 35.2 Å². The highest BCUT2D eigenvalue weighted by Crippen LogP contribution is 2.31.